The average Bonchev–Trinajstić information content (AvgIpc) is 2.26. The van der Waals surface area contributed by atoms with Gasteiger partial charge in [-0.15, -0.1) is 0 Å². The molecule has 1 aromatic rings. The molecule has 3 heteroatoms. The van der Waals surface area contributed by atoms with Crippen LogP contribution in [0.1, 0.15) is 25.0 Å². The lowest BCUT2D eigenvalue weighted by atomic mass is 10.1. The number of hydrogen-bond acceptors (Lipinski definition) is 2. The first-order valence-electron chi connectivity index (χ1n) is 6.16. The highest BCUT2D eigenvalue weighted by Crippen LogP contribution is 2.09. The summed E-state index contributed by atoms with van der Waals surface area (Å²) in [6.45, 7) is 6.40. The SMILES string of the molecule is CC(C)CN(C)Cc1ccc(/C=C/C(=O)O)cc1. The third-order valence-electron chi connectivity index (χ3n) is 2.53. The summed E-state index contributed by atoms with van der Waals surface area (Å²) >= 11 is 0. The number of rotatable bonds is 6. The summed E-state index contributed by atoms with van der Waals surface area (Å²) in [4.78, 5) is 12.7. The van der Waals surface area contributed by atoms with Gasteiger partial charge in [0.05, 0.1) is 0 Å². The Morgan fingerprint density at radius 2 is 1.94 bits per heavy atom. The summed E-state index contributed by atoms with van der Waals surface area (Å²) in [7, 11) is 2.11. The van der Waals surface area contributed by atoms with Gasteiger partial charge < -0.3 is 10.0 Å². The van der Waals surface area contributed by atoms with E-state index in [4.69, 9.17) is 5.11 Å². The van der Waals surface area contributed by atoms with Gasteiger partial charge in [-0.1, -0.05) is 38.1 Å². The van der Waals surface area contributed by atoms with Crippen LogP contribution in [0.3, 0.4) is 0 Å². The lowest BCUT2D eigenvalue weighted by Crippen LogP contribution is -2.22. The first-order valence-corrected chi connectivity index (χ1v) is 6.16. The third-order valence-corrected chi connectivity index (χ3v) is 2.53. The largest absolute Gasteiger partial charge is 0.478 e. The number of benzene rings is 1. The maximum Gasteiger partial charge on any atom is 0.328 e. The van der Waals surface area contributed by atoms with E-state index in [-0.39, 0.29) is 0 Å². The summed E-state index contributed by atoms with van der Waals surface area (Å²) < 4.78 is 0. The van der Waals surface area contributed by atoms with Gasteiger partial charge >= 0.3 is 5.97 Å². The minimum Gasteiger partial charge on any atom is -0.478 e. The summed E-state index contributed by atoms with van der Waals surface area (Å²) in [6, 6.07) is 7.96. The number of carboxylic acids is 1. The average molecular weight is 247 g/mol. The summed E-state index contributed by atoms with van der Waals surface area (Å²) in [5, 5.41) is 8.54. The molecular weight excluding hydrogens is 226 g/mol. The van der Waals surface area contributed by atoms with Gasteiger partial charge in [0.25, 0.3) is 0 Å². The van der Waals surface area contributed by atoms with E-state index < -0.39 is 5.97 Å². The van der Waals surface area contributed by atoms with Gasteiger partial charge in [-0.3, -0.25) is 0 Å². The Kier molecular flexibility index (Phi) is 5.59. The molecule has 0 atom stereocenters. The molecule has 0 unspecified atom stereocenters. The van der Waals surface area contributed by atoms with Crippen LogP contribution in [0, 0.1) is 5.92 Å². The highest BCUT2D eigenvalue weighted by atomic mass is 16.4. The first-order chi connectivity index (χ1) is 8.47. The Bertz CT molecular complexity index is 407. The number of carbonyl (C=O) groups is 1. The van der Waals surface area contributed by atoms with Gasteiger partial charge in [0.15, 0.2) is 0 Å². The number of aliphatic carboxylic acids is 1. The van der Waals surface area contributed by atoms with E-state index in [2.05, 4.69) is 25.8 Å². The van der Waals surface area contributed by atoms with E-state index in [1.54, 1.807) is 6.08 Å². The molecule has 18 heavy (non-hydrogen) atoms. The second kappa shape index (κ2) is 6.97. The fourth-order valence-electron chi connectivity index (χ4n) is 1.90. The molecule has 0 aliphatic heterocycles. The second-order valence-corrected chi connectivity index (χ2v) is 5.00. The van der Waals surface area contributed by atoms with Crippen LogP contribution in [-0.2, 0) is 11.3 Å². The van der Waals surface area contributed by atoms with E-state index in [0.29, 0.717) is 5.92 Å². The molecular formula is C15H21NO2. The molecule has 1 rings (SSSR count). The van der Waals surface area contributed by atoms with Crippen molar-refractivity contribution in [2.45, 2.75) is 20.4 Å². The van der Waals surface area contributed by atoms with Crippen molar-refractivity contribution in [1.29, 1.82) is 0 Å². The van der Waals surface area contributed by atoms with Crippen molar-refractivity contribution in [3.8, 4) is 0 Å². The monoisotopic (exact) mass is 247 g/mol. The molecule has 3 nitrogen and oxygen atoms in total. The standard InChI is InChI=1S/C15H21NO2/c1-12(2)10-16(3)11-14-6-4-13(5-7-14)8-9-15(17)18/h4-9,12H,10-11H2,1-3H3,(H,17,18)/b9-8+. The molecule has 1 N–H and O–H groups in total. The van der Waals surface area contributed by atoms with Crippen molar-refractivity contribution in [2.75, 3.05) is 13.6 Å². The fourth-order valence-corrected chi connectivity index (χ4v) is 1.90. The molecule has 98 valence electrons. The van der Waals surface area contributed by atoms with Crippen LogP contribution in [0.15, 0.2) is 30.3 Å². The molecule has 0 aromatic heterocycles. The van der Waals surface area contributed by atoms with Crippen molar-refractivity contribution >= 4 is 12.0 Å². The van der Waals surface area contributed by atoms with Crippen LogP contribution in [-0.4, -0.2) is 29.6 Å². The summed E-state index contributed by atoms with van der Waals surface area (Å²) in [5.74, 6) is -0.261. The first kappa shape index (κ1) is 14.5. The minimum atomic E-state index is -0.921. The highest BCUT2D eigenvalue weighted by Gasteiger charge is 2.02. The molecule has 1 aromatic carbocycles. The Morgan fingerprint density at radius 1 is 1.33 bits per heavy atom. The van der Waals surface area contributed by atoms with Gasteiger partial charge in [0.1, 0.15) is 0 Å². The molecule has 0 aliphatic rings. The lowest BCUT2D eigenvalue weighted by molar-refractivity contribution is -0.131. The van der Waals surface area contributed by atoms with Crippen LogP contribution in [0.25, 0.3) is 6.08 Å². The molecule has 0 aliphatic carbocycles. The van der Waals surface area contributed by atoms with E-state index in [9.17, 15) is 4.79 Å². The van der Waals surface area contributed by atoms with Crippen LogP contribution >= 0.6 is 0 Å². The smallest absolute Gasteiger partial charge is 0.328 e. The van der Waals surface area contributed by atoms with Crippen LogP contribution in [0.2, 0.25) is 0 Å². The van der Waals surface area contributed by atoms with Gasteiger partial charge in [-0.25, -0.2) is 4.79 Å². The predicted molar refractivity (Wildman–Crippen MR) is 74.3 cm³/mol. The number of hydrogen-bond donors (Lipinski definition) is 1. The fraction of sp³-hybridized carbons (Fsp3) is 0.400. The quantitative estimate of drug-likeness (QED) is 0.786. The number of carboxylic acid groups (broad SMARTS) is 1. The van der Waals surface area contributed by atoms with Crippen LogP contribution in [0.5, 0.6) is 0 Å². The second-order valence-electron chi connectivity index (χ2n) is 5.00. The maximum atomic E-state index is 10.4. The third kappa shape index (κ3) is 5.64. The van der Waals surface area contributed by atoms with Crippen molar-refractivity contribution < 1.29 is 9.90 Å². The van der Waals surface area contributed by atoms with E-state index >= 15 is 0 Å². The zero-order valence-electron chi connectivity index (χ0n) is 11.3. The van der Waals surface area contributed by atoms with Crippen LogP contribution in [0.4, 0.5) is 0 Å². The van der Waals surface area contributed by atoms with E-state index in [1.165, 1.54) is 5.56 Å². The molecule has 0 radical (unpaired) electrons. The van der Waals surface area contributed by atoms with Gasteiger partial charge in [0.2, 0.25) is 0 Å². The van der Waals surface area contributed by atoms with Crippen molar-refractivity contribution in [1.82, 2.24) is 4.90 Å². The Labute approximate surface area is 109 Å². The minimum absolute atomic E-state index is 0.660. The zero-order valence-corrected chi connectivity index (χ0v) is 11.3. The number of nitrogens with zero attached hydrogens (tertiary/aromatic N) is 1. The Hall–Kier alpha value is -1.61. The van der Waals surface area contributed by atoms with E-state index in [0.717, 1.165) is 24.7 Å². The van der Waals surface area contributed by atoms with Crippen molar-refractivity contribution in [2.24, 2.45) is 5.92 Å². The van der Waals surface area contributed by atoms with Gasteiger partial charge in [0, 0.05) is 19.2 Å². The normalized spacial score (nSPS) is 11.6. The molecule has 0 bridgehead atoms. The maximum absolute atomic E-state index is 10.4. The molecule has 0 heterocycles. The van der Waals surface area contributed by atoms with Crippen molar-refractivity contribution in [3.63, 3.8) is 0 Å². The topological polar surface area (TPSA) is 40.5 Å². The molecule has 0 saturated heterocycles. The molecule has 0 spiro atoms. The molecule has 0 saturated carbocycles. The highest BCUT2D eigenvalue weighted by molar-refractivity contribution is 5.85. The zero-order chi connectivity index (χ0) is 13.5. The predicted octanol–water partition coefficient (Wildman–Crippen LogP) is 2.87. The van der Waals surface area contributed by atoms with Crippen molar-refractivity contribution in [3.05, 3.63) is 41.5 Å². The lowest BCUT2D eigenvalue weighted by Gasteiger charge is -2.18. The van der Waals surface area contributed by atoms with E-state index in [1.807, 2.05) is 24.3 Å². The summed E-state index contributed by atoms with van der Waals surface area (Å²) in [6.07, 6.45) is 2.75. The Balaban J connectivity index is 2.57. The molecule has 0 amide bonds. The van der Waals surface area contributed by atoms with Gasteiger partial charge in [-0.05, 0) is 30.2 Å². The van der Waals surface area contributed by atoms with Gasteiger partial charge in [-0.2, -0.15) is 0 Å². The van der Waals surface area contributed by atoms with Crippen LogP contribution < -0.4 is 0 Å². The summed E-state index contributed by atoms with van der Waals surface area (Å²) in [5.41, 5.74) is 2.15. The Morgan fingerprint density at radius 3 is 2.44 bits per heavy atom. The molecule has 0 fully saturated rings.